The number of methoxy groups -OCH3 is 1. The Labute approximate surface area is 130 Å². The third kappa shape index (κ3) is 3.37. The van der Waals surface area contributed by atoms with Crippen LogP contribution < -0.4 is 4.74 Å². The number of carbonyl (C=O) groups is 1. The number of rotatable bonds is 4. The van der Waals surface area contributed by atoms with E-state index in [2.05, 4.69) is 0 Å². The molecule has 1 unspecified atom stereocenters. The average Bonchev–Trinajstić information content (AvgIpc) is 2.53. The zero-order valence-corrected chi connectivity index (χ0v) is 13.1. The number of halogens is 1. The fourth-order valence-electron chi connectivity index (χ4n) is 2.17. The molecule has 0 aliphatic carbocycles. The molecule has 4 heteroatoms. The van der Waals surface area contributed by atoms with Gasteiger partial charge in [-0.1, -0.05) is 41.9 Å². The molecule has 0 bridgehead atoms. The van der Waals surface area contributed by atoms with E-state index in [0.717, 1.165) is 5.56 Å². The fraction of sp³-hybridized carbons (Fsp3) is 0.235. The lowest BCUT2D eigenvalue weighted by Gasteiger charge is -2.26. The van der Waals surface area contributed by atoms with Crippen molar-refractivity contribution < 1.29 is 9.53 Å². The van der Waals surface area contributed by atoms with Gasteiger partial charge in [0.1, 0.15) is 5.75 Å². The van der Waals surface area contributed by atoms with Crippen LogP contribution in [0.3, 0.4) is 0 Å². The van der Waals surface area contributed by atoms with Crippen molar-refractivity contribution in [1.29, 1.82) is 0 Å². The van der Waals surface area contributed by atoms with Crippen LogP contribution >= 0.6 is 11.6 Å². The van der Waals surface area contributed by atoms with Gasteiger partial charge < -0.3 is 9.64 Å². The summed E-state index contributed by atoms with van der Waals surface area (Å²) in [5, 5.41) is 0.514. The van der Waals surface area contributed by atoms with Crippen molar-refractivity contribution in [3.8, 4) is 5.75 Å². The molecule has 110 valence electrons. The van der Waals surface area contributed by atoms with Gasteiger partial charge in [-0.25, -0.2) is 0 Å². The average molecular weight is 304 g/mol. The lowest BCUT2D eigenvalue weighted by Crippen LogP contribution is -2.30. The number of benzene rings is 2. The van der Waals surface area contributed by atoms with Gasteiger partial charge in [-0.3, -0.25) is 4.79 Å². The van der Waals surface area contributed by atoms with Crippen LogP contribution in [-0.2, 0) is 0 Å². The van der Waals surface area contributed by atoms with Crippen LogP contribution in [0, 0.1) is 0 Å². The van der Waals surface area contributed by atoms with Gasteiger partial charge in [-0.05, 0) is 30.7 Å². The Balaban J connectivity index is 2.29. The SMILES string of the molecule is COc1ccc(Cl)cc1C(=O)N(C)C(C)c1ccccc1. The Kier molecular flexibility index (Phi) is 4.86. The monoisotopic (exact) mass is 303 g/mol. The first-order chi connectivity index (χ1) is 10.0. The molecule has 2 aromatic rings. The maximum atomic E-state index is 12.7. The second kappa shape index (κ2) is 6.64. The topological polar surface area (TPSA) is 29.5 Å². The smallest absolute Gasteiger partial charge is 0.257 e. The summed E-state index contributed by atoms with van der Waals surface area (Å²) in [5.41, 5.74) is 1.55. The zero-order chi connectivity index (χ0) is 15.4. The van der Waals surface area contributed by atoms with E-state index < -0.39 is 0 Å². The maximum absolute atomic E-state index is 12.7. The molecule has 1 atom stereocenters. The molecule has 0 radical (unpaired) electrons. The molecular formula is C17H18ClNO2. The number of hydrogen-bond acceptors (Lipinski definition) is 2. The van der Waals surface area contributed by atoms with Gasteiger partial charge in [0.2, 0.25) is 0 Å². The van der Waals surface area contributed by atoms with Crippen LogP contribution in [0.1, 0.15) is 28.9 Å². The van der Waals surface area contributed by atoms with Gasteiger partial charge >= 0.3 is 0 Å². The Morgan fingerprint density at radius 2 is 1.86 bits per heavy atom. The minimum atomic E-state index is -0.120. The molecule has 0 aliphatic heterocycles. The summed E-state index contributed by atoms with van der Waals surface area (Å²) in [4.78, 5) is 14.4. The fourth-order valence-corrected chi connectivity index (χ4v) is 2.34. The van der Waals surface area contributed by atoms with Crippen LogP contribution in [0.25, 0.3) is 0 Å². The highest BCUT2D eigenvalue weighted by Gasteiger charge is 2.22. The van der Waals surface area contributed by atoms with E-state index in [1.54, 1.807) is 37.3 Å². The summed E-state index contributed by atoms with van der Waals surface area (Å²) in [6.45, 7) is 1.99. The van der Waals surface area contributed by atoms with Crippen molar-refractivity contribution in [3.63, 3.8) is 0 Å². The third-order valence-corrected chi connectivity index (χ3v) is 3.81. The summed E-state index contributed by atoms with van der Waals surface area (Å²) in [6, 6.07) is 14.9. The van der Waals surface area contributed by atoms with Crippen LogP contribution in [0.2, 0.25) is 5.02 Å². The van der Waals surface area contributed by atoms with Gasteiger partial charge in [0.05, 0.1) is 18.7 Å². The minimum Gasteiger partial charge on any atom is -0.496 e. The summed E-state index contributed by atoms with van der Waals surface area (Å²) >= 11 is 5.99. The lowest BCUT2D eigenvalue weighted by atomic mass is 10.1. The second-order valence-electron chi connectivity index (χ2n) is 4.85. The van der Waals surface area contributed by atoms with E-state index in [-0.39, 0.29) is 11.9 Å². The Morgan fingerprint density at radius 3 is 2.48 bits per heavy atom. The van der Waals surface area contributed by atoms with Crippen LogP contribution in [0.15, 0.2) is 48.5 Å². The second-order valence-corrected chi connectivity index (χ2v) is 5.28. The summed E-state index contributed by atoms with van der Waals surface area (Å²) < 4.78 is 5.25. The standard InChI is InChI=1S/C17H18ClNO2/c1-12(13-7-5-4-6-8-13)19(2)17(20)15-11-14(18)9-10-16(15)21-3/h4-12H,1-3H3. The lowest BCUT2D eigenvalue weighted by molar-refractivity contribution is 0.0739. The number of nitrogens with zero attached hydrogens (tertiary/aromatic N) is 1. The van der Waals surface area contributed by atoms with Gasteiger partial charge in [0, 0.05) is 12.1 Å². The molecule has 3 nitrogen and oxygen atoms in total. The van der Waals surface area contributed by atoms with Crippen LogP contribution in [0.4, 0.5) is 0 Å². The molecule has 2 aromatic carbocycles. The minimum absolute atomic E-state index is 0.0395. The normalized spacial score (nSPS) is 11.8. The van der Waals surface area contributed by atoms with Crippen LogP contribution in [-0.4, -0.2) is 25.0 Å². The van der Waals surface area contributed by atoms with Crippen LogP contribution in [0.5, 0.6) is 5.75 Å². The predicted molar refractivity (Wildman–Crippen MR) is 85.0 cm³/mol. The first kappa shape index (κ1) is 15.4. The van der Waals surface area contributed by atoms with E-state index in [9.17, 15) is 4.79 Å². The third-order valence-electron chi connectivity index (χ3n) is 3.58. The Hall–Kier alpha value is -2.00. The van der Waals surface area contributed by atoms with Crippen molar-refractivity contribution >= 4 is 17.5 Å². The summed E-state index contributed by atoms with van der Waals surface area (Å²) in [7, 11) is 3.32. The number of ether oxygens (including phenoxy) is 1. The van der Waals surface area contributed by atoms with Crippen molar-refractivity contribution in [2.45, 2.75) is 13.0 Å². The van der Waals surface area contributed by atoms with Crippen molar-refractivity contribution in [3.05, 3.63) is 64.7 Å². The van der Waals surface area contributed by atoms with E-state index >= 15 is 0 Å². The first-order valence-corrected chi connectivity index (χ1v) is 7.08. The number of hydrogen-bond donors (Lipinski definition) is 0. The molecular weight excluding hydrogens is 286 g/mol. The molecule has 0 heterocycles. The van der Waals surface area contributed by atoms with Gasteiger partial charge in [0.15, 0.2) is 0 Å². The van der Waals surface area contributed by atoms with Gasteiger partial charge in [0.25, 0.3) is 5.91 Å². The quantitative estimate of drug-likeness (QED) is 0.848. The highest BCUT2D eigenvalue weighted by atomic mass is 35.5. The van der Waals surface area contributed by atoms with E-state index in [1.807, 2.05) is 37.3 Å². The first-order valence-electron chi connectivity index (χ1n) is 6.70. The molecule has 0 aliphatic rings. The number of carbonyl (C=O) groups excluding carboxylic acids is 1. The Bertz CT molecular complexity index is 628. The molecule has 1 amide bonds. The predicted octanol–water partition coefficient (Wildman–Crippen LogP) is 4.18. The molecule has 0 saturated carbocycles. The van der Waals surface area contributed by atoms with E-state index in [4.69, 9.17) is 16.3 Å². The molecule has 0 spiro atoms. The van der Waals surface area contributed by atoms with Crippen molar-refractivity contribution in [2.75, 3.05) is 14.2 Å². The highest BCUT2D eigenvalue weighted by molar-refractivity contribution is 6.31. The largest absolute Gasteiger partial charge is 0.496 e. The van der Waals surface area contributed by atoms with E-state index in [1.165, 1.54) is 0 Å². The van der Waals surface area contributed by atoms with Gasteiger partial charge in [-0.2, -0.15) is 0 Å². The molecule has 0 saturated heterocycles. The van der Waals surface area contributed by atoms with Gasteiger partial charge in [-0.15, -0.1) is 0 Å². The highest BCUT2D eigenvalue weighted by Crippen LogP contribution is 2.27. The summed E-state index contributed by atoms with van der Waals surface area (Å²) in [6.07, 6.45) is 0. The molecule has 0 fully saturated rings. The summed E-state index contributed by atoms with van der Waals surface area (Å²) in [5.74, 6) is 0.405. The Morgan fingerprint density at radius 1 is 1.19 bits per heavy atom. The van der Waals surface area contributed by atoms with Crippen molar-refractivity contribution in [1.82, 2.24) is 4.90 Å². The van der Waals surface area contributed by atoms with Crippen molar-refractivity contribution in [2.24, 2.45) is 0 Å². The maximum Gasteiger partial charge on any atom is 0.257 e. The van der Waals surface area contributed by atoms with E-state index in [0.29, 0.717) is 16.3 Å². The molecule has 21 heavy (non-hydrogen) atoms. The molecule has 0 aromatic heterocycles. The molecule has 2 rings (SSSR count). The zero-order valence-electron chi connectivity index (χ0n) is 12.3. The molecule has 0 N–H and O–H groups in total. The number of amides is 1.